The number of nitrogens with one attached hydrogen (secondary N) is 3. The number of amides is 2. The summed E-state index contributed by atoms with van der Waals surface area (Å²) < 4.78 is 26.5. The van der Waals surface area contributed by atoms with Crippen molar-refractivity contribution in [3.05, 3.63) is 59.2 Å². The monoisotopic (exact) mass is 414 g/mol. The molecule has 29 heavy (non-hydrogen) atoms. The second-order valence-electron chi connectivity index (χ2n) is 6.17. The highest BCUT2D eigenvalue weighted by Gasteiger charge is 2.15. The van der Waals surface area contributed by atoms with Crippen molar-refractivity contribution in [3.8, 4) is 6.07 Å². The predicted molar refractivity (Wildman–Crippen MR) is 109 cm³/mol. The van der Waals surface area contributed by atoms with Gasteiger partial charge in [0, 0.05) is 36.3 Å². The van der Waals surface area contributed by atoms with Gasteiger partial charge in [-0.25, -0.2) is 13.1 Å². The molecule has 0 aromatic heterocycles. The highest BCUT2D eigenvalue weighted by Crippen LogP contribution is 2.19. The van der Waals surface area contributed by atoms with E-state index in [1.807, 2.05) is 13.0 Å². The van der Waals surface area contributed by atoms with Crippen LogP contribution in [0, 0.1) is 18.3 Å². The van der Waals surface area contributed by atoms with E-state index in [1.165, 1.54) is 24.3 Å². The molecule has 0 unspecified atom stereocenters. The summed E-state index contributed by atoms with van der Waals surface area (Å²) in [7, 11) is -3.74. The van der Waals surface area contributed by atoms with E-state index in [0.29, 0.717) is 17.8 Å². The molecule has 0 heterocycles. The van der Waals surface area contributed by atoms with Crippen LogP contribution in [0.4, 0.5) is 5.69 Å². The molecule has 0 aliphatic carbocycles. The zero-order valence-corrected chi connectivity index (χ0v) is 17.0. The summed E-state index contributed by atoms with van der Waals surface area (Å²) in [5.41, 5.74) is 1.97. The molecule has 3 N–H and O–H groups in total. The van der Waals surface area contributed by atoms with Crippen LogP contribution in [-0.4, -0.2) is 33.3 Å². The molecule has 2 aromatic carbocycles. The topological polar surface area (TPSA) is 128 Å². The van der Waals surface area contributed by atoms with E-state index in [9.17, 15) is 18.0 Å². The maximum Gasteiger partial charge on any atom is 0.255 e. The van der Waals surface area contributed by atoms with Crippen molar-refractivity contribution in [2.24, 2.45) is 0 Å². The lowest BCUT2D eigenvalue weighted by molar-refractivity contribution is 0.0954. The number of aryl methyl sites for hydroxylation is 1. The van der Waals surface area contributed by atoms with Crippen LogP contribution in [0.1, 0.15) is 39.6 Å². The first kappa shape index (κ1) is 22.1. The second kappa shape index (κ2) is 9.82. The molecule has 0 atom stereocenters. The van der Waals surface area contributed by atoms with Crippen LogP contribution >= 0.6 is 0 Å². The molecule has 2 aromatic rings. The maximum absolute atomic E-state index is 12.5. The molecule has 0 fully saturated rings. The SMILES string of the molecule is CCNC(=O)c1ccc(C)c(NC(=O)c2ccc(S(=O)(=O)NCCC#N)cc2)c1. The minimum absolute atomic E-state index is 0.00130. The van der Waals surface area contributed by atoms with Gasteiger partial charge in [-0.15, -0.1) is 0 Å². The van der Waals surface area contributed by atoms with Gasteiger partial charge in [0.1, 0.15) is 0 Å². The molecule has 8 nitrogen and oxygen atoms in total. The van der Waals surface area contributed by atoms with E-state index >= 15 is 0 Å². The van der Waals surface area contributed by atoms with Crippen molar-refractivity contribution >= 4 is 27.5 Å². The third-order valence-electron chi connectivity index (χ3n) is 4.04. The molecule has 0 radical (unpaired) electrons. The number of nitrogens with zero attached hydrogens (tertiary/aromatic N) is 1. The Labute approximate surface area is 170 Å². The molecule has 9 heteroatoms. The van der Waals surface area contributed by atoms with Crippen LogP contribution in [0.3, 0.4) is 0 Å². The van der Waals surface area contributed by atoms with Crippen LogP contribution in [-0.2, 0) is 10.0 Å². The first-order chi connectivity index (χ1) is 13.8. The minimum atomic E-state index is -3.74. The minimum Gasteiger partial charge on any atom is -0.352 e. The van der Waals surface area contributed by atoms with Crippen LogP contribution in [0.2, 0.25) is 0 Å². The number of carbonyl (C=O) groups is 2. The van der Waals surface area contributed by atoms with Gasteiger partial charge in [-0.05, 0) is 55.8 Å². The summed E-state index contributed by atoms with van der Waals surface area (Å²) in [6.07, 6.45) is 0.0639. The average Bonchev–Trinajstić information content (AvgIpc) is 2.70. The number of hydrogen-bond donors (Lipinski definition) is 3. The summed E-state index contributed by atoms with van der Waals surface area (Å²) in [5, 5.41) is 13.9. The second-order valence-corrected chi connectivity index (χ2v) is 7.94. The Morgan fingerprint density at radius 1 is 1.03 bits per heavy atom. The van der Waals surface area contributed by atoms with Crippen molar-refractivity contribution in [2.45, 2.75) is 25.2 Å². The molecular weight excluding hydrogens is 392 g/mol. The lowest BCUT2D eigenvalue weighted by atomic mass is 10.1. The number of hydrogen-bond acceptors (Lipinski definition) is 5. The van der Waals surface area contributed by atoms with E-state index in [-0.39, 0.29) is 29.3 Å². The fourth-order valence-electron chi connectivity index (χ4n) is 2.47. The summed E-state index contributed by atoms with van der Waals surface area (Å²) in [6.45, 7) is 4.13. The van der Waals surface area contributed by atoms with Crippen LogP contribution in [0.15, 0.2) is 47.4 Å². The molecule has 0 spiro atoms. The Bertz CT molecular complexity index is 1040. The number of anilines is 1. The third kappa shape index (κ3) is 5.88. The zero-order valence-electron chi connectivity index (χ0n) is 16.2. The van der Waals surface area contributed by atoms with Crippen molar-refractivity contribution in [2.75, 3.05) is 18.4 Å². The van der Waals surface area contributed by atoms with Gasteiger partial charge in [0.15, 0.2) is 0 Å². The number of benzene rings is 2. The van der Waals surface area contributed by atoms with Gasteiger partial charge in [-0.3, -0.25) is 9.59 Å². The highest BCUT2D eigenvalue weighted by atomic mass is 32.2. The fourth-order valence-corrected chi connectivity index (χ4v) is 3.50. The number of carbonyl (C=O) groups excluding carboxylic acids is 2. The Morgan fingerprint density at radius 2 is 1.69 bits per heavy atom. The van der Waals surface area contributed by atoms with Gasteiger partial charge >= 0.3 is 0 Å². The molecule has 2 amide bonds. The highest BCUT2D eigenvalue weighted by molar-refractivity contribution is 7.89. The summed E-state index contributed by atoms with van der Waals surface area (Å²) in [4.78, 5) is 24.5. The van der Waals surface area contributed by atoms with Gasteiger partial charge in [0.05, 0.1) is 11.0 Å². The van der Waals surface area contributed by atoms with E-state index in [0.717, 1.165) is 5.56 Å². The van der Waals surface area contributed by atoms with Gasteiger partial charge < -0.3 is 10.6 Å². The first-order valence-corrected chi connectivity index (χ1v) is 10.4. The van der Waals surface area contributed by atoms with Gasteiger partial charge in [0.2, 0.25) is 10.0 Å². The van der Waals surface area contributed by atoms with Crippen molar-refractivity contribution in [3.63, 3.8) is 0 Å². The quantitative estimate of drug-likeness (QED) is 0.571. The smallest absolute Gasteiger partial charge is 0.255 e. The average molecular weight is 414 g/mol. The van der Waals surface area contributed by atoms with Crippen molar-refractivity contribution < 1.29 is 18.0 Å². The largest absolute Gasteiger partial charge is 0.352 e. The molecule has 0 saturated carbocycles. The molecule has 0 bridgehead atoms. The Kier molecular flexibility index (Phi) is 7.47. The van der Waals surface area contributed by atoms with Crippen LogP contribution in [0.25, 0.3) is 0 Å². The third-order valence-corrected chi connectivity index (χ3v) is 5.52. The van der Waals surface area contributed by atoms with E-state index in [4.69, 9.17) is 5.26 Å². The van der Waals surface area contributed by atoms with E-state index in [2.05, 4.69) is 15.4 Å². The predicted octanol–water partition coefficient (Wildman–Crippen LogP) is 2.19. The first-order valence-electron chi connectivity index (χ1n) is 8.95. The number of nitriles is 1. The summed E-state index contributed by atoms with van der Waals surface area (Å²) in [5.74, 6) is -0.663. The molecule has 0 aliphatic heterocycles. The zero-order chi connectivity index (χ0) is 21.4. The van der Waals surface area contributed by atoms with Gasteiger partial charge in [0.25, 0.3) is 11.8 Å². The summed E-state index contributed by atoms with van der Waals surface area (Å²) >= 11 is 0. The maximum atomic E-state index is 12.5. The molecule has 2 rings (SSSR count). The Morgan fingerprint density at radius 3 is 2.31 bits per heavy atom. The van der Waals surface area contributed by atoms with Crippen molar-refractivity contribution in [1.29, 1.82) is 5.26 Å². The lowest BCUT2D eigenvalue weighted by Gasteiger charge is -2.11. The fraction of sp³-hybridized carbons (Fsp3) is 0.250. The Balaban J connectivity index is 2.15. The molecule has 0 aliphatic rings. The standard InChI is InChI=1S/C20H22N4O4S/c1-3-22-19(25)16-6-5-14(2)18(13-16)24-20(26)15-7-9-17(10-8-15)29(27,28)23-12-4-11-21/h5-10,13,23H,3-4,12H2,1-2H3,(H,22,25)(H,24,26). The van der Waals surface area contributed by atoms with Crippen LogP contribution in [0.5, 0.6) is 0 Å². The number of rotatable bonds is 8. The van der Waals surface area contributed by atoms with E-state index < -0.39 is 15.9 Å². The van der Waals surface area contributed by atoms with Gasteiger partial charge in [-0.1, -0.05) is 6.07 Å². The normalized spacial score (nSPS) is 10.8. The Hall–Kier alpha value is -3.22. The van der Waals surface area contributed by atoms with Crippen molar-refractivity contribution in [1.82, 2.24) is 10.0 Å². The molecule has 152 valence electrons. The lowest BCUT2D eigenvalue weighted by Crippen LogP contribution is -2.24. The number of sulfonamides is 1. The molecule has 0 saturated heterocycles. The van der Waals surface area contributed by atoms with E-state index in [1.54, 1.807) is 25.1 Å². The summed E-state index contributed by atoms with van der Waals surface area (Å²) in [6, 6.07) is 12.3. The van der Waals surface area contributed by atoms with Crippen LogP contribution < -0.4 is 15.4 Å². The molecular formula is C20H22N4O4S. The van der Waals surface area contributed by atoms with Gasteiger partial charge in [-0.2, -0.15) is 5.26 Å².